The molecule has 0 bridgehead atoms. The Morgan fingerprint density at radius 2 is 1.47 bits per heavy atom. The summed E-state index contributed by atoms with van der Waals surface area (Å²) in [6, 6.07) is 0. The average Bonchev–Trinajstić information content (AvgIpc) is 2.34. The van der Waals surface area contributed by atoms with Gasteiger partial charge in [-0.25, -0.2) is 0 Å². The monoisotopic (exact) mass is 243 g/mol. The van der Waals surface area contributed by atoms with Crippen molar-refractivity contribution in [2.24, 2.45) is 11.8 Å². The van der Waals surface area contributed by atoms with Crippen LogP contribution in [0, 0.1) is 11.8 Å². The zero-order valence-electron chi connectivity index (χ0n) is 10.7. The van der Waals surface area contributed by atoms with Gasteiger partial charge in [-0.3, -0.25) is 0 Å². The van der Waals surface area contributed by atoms with Crippen molar-refractivity contribution in [2.75, 3.05) is 13.2 Å². The van der Waals surface area contributed by atoms with Crippen LogP contribution in [-0.2, 0) is 4.74 Å². The van der Waals surface area contributed by atoms with Crippen LogP contribution in [0.2, 0.25) is 0 Å². The van der Waals surface area contributed by atoms with Crippen molar-refractivity contribution in [3.63, 3.8) is 0 Å². The molecule has 2 aliphatic carbocycles. The molecular formula is C14H27O3+. The Hall–Kier alpha value is -0.120. The van der Waals surface area contributed by atoms with Crippen LogP contribution in [0.3, 0.4) is 0 Å². The van der Waals surface area contributed by atoms with Crippen molar-refractivity contribution >= 4 is 0 Å². The summed E-state index contributed by atoms with van der Waals surface area (Å²) in [7, 11) is 0. The summed E-state index contributed by atoms with van der Waals surface area (Å²) >= 11 is 0. The van der Waals surface area contributed by atoms with E-state index >= 15 is 0 Å². The average molecular weight is 243 g/mol. The summed E-state index contributed by atoms with van der Waals surface area (Å²) in [5, 5.41) is 17.8. The van der Waals surface area contributed by atoms with Gasteiger partial charge in [-0.2, -0.15) is 0 Å². The molecule has 17 heavy (non-hydrogen) atoms. The predicted octanol–water partition coefficient (Wildman–Crippen LogP) is 1.84. The fourth-order valence-corrected chi connectivity index (χ4v) is 3.16. The SMILES string of the molecule is OC1CCCCC1COCC1CCCCC1[OH2+]. The Morgan fingerprint density at radius 3 is 2.18 bits per heavy atom. The summed E-state index contributed by atoms with van der Waals surface area (Å²) in [6.45, 7) is 1.43. The Morgan fingerprint density at radius 1 is 0.882 bits per heavy atom. The lowest BCUT2D eigenvalue weighted by molar-refractivity contribution is -0.0325. The van der Waals surface area contributed by atoms with E-state index in [1.54, 1.807) is 0 Å². The zero-order valence-corrected chi connectivity index (χ0v) is 10.7. The molecule has 3 heteroatoms. The molecule has 0 spiro atoms. The van der Waals surface area contributed by atoms with Crippen LogP contribution in [0.5, 0.6) is 0 Å². The summed E-state index contributed by atoms with van der Waals surface area (Å²) in [6.07, 6.45) is 9.05. The molecule has 2 fully saturated rings. The first-order valence-electron chi connectivity index (χ1n) is 7.24. The van der Waals surface area contributed by atoms with Gasteiger partial charge in [0.15, 0.2) is 6.10 Å². The first-order valence-corrected chi connectivity index (χ1v) is 7.24. The molecule has 3 N–H and O–H groups in total. The predicted molar refractivity (Wildman–Crippen MR) is 68.1 cm³/mol. The van der Waals surface area contributed by atoms with Crippen LogP contribution in [-0.4, -0.2) is 35.6 Å². The highest BCUT2D eigenvalue weighted by atomic mass is 16.5. The van der Waals surface area contributed by atoms with Crippen molar-refractivity contribution in [2.45, 2.75) is 63.6 Å². The molecule has 0 aliphatic heterocycles. The number of hydrogen-bond donors (Lipinski definition) is 1. The summed E-state index contributed by atoms with van der Waals surface area (Å²) in [5.74, 6) is 0.779. The fraction of sp³-hybridized carbons (Fsp3) is 1.00. The Balaban J connectivity index is 1.64. The van der Waals surface area contributed by atoms with E-state index in [4.69, 9.17) is 9.84 Å². The van der Waals surface area contributed by atoms with Crippen LogP contribution in [0.4, 0.5) is 0 Å². The summed E-state index contributed by atoms with van der Waals surface area (Å²) < 4.78 is 5.77. The van der Waals surface area contributed by atoms with Crippen molar-refractivity contribution in [1.82, 2.24) is 0 Å². The third-order valence-corrected chi connectivity index (χ3v) is 4.44. The van der Waals surface area contributed by atoms with Crippen molar-refractivity contribution < 1.29 is 14.9 Å². The molecule has 0 amide bonds. The van der Waals surface area contributed by atoms with E-state index < -0.39 is 0 Å². The highest BCUT2D eigenvalue weighted by Gasteiger charge is 2.28. The maximum Gasteiger partial charge on any atom is 0.158 e. The molecule has 4 unspecified atom stereocenters. The second-order valence-electron chi connectivity index (χ2n) is 5.80. The zero-order chi connectivity index (χ0) is 12.1. The summed E-state index contributed by atoms with van der Waals surface area (Å²) in [4.78, 5) is 0. The molecule has 4 atom stereocenters. The first kappa shape index (κ1) is 13.3. The Bertz CT molecular complexity index is 198. The number of aliphatic hydroxyl groups is 1. The van der Waals surface area contributed by atoms with Gasteiger partial charge < -0.3 is 14.9 Å². The van der Waals surface area contributed by atoms with E-state index in [2.05, 4.69) is 0 Å². The van der Waals surface area contributed by atoms with E-state index in [0.29, 0.717) is 18.4 Å². The standard InChI is InChI=1S/C14H26O3/c15-13-7-3-1-5-11(13)9-17-10-12-6-2-4-8-14(12)16/h11-16H,1-10H2/p+1. The van der Waals surface area contributed by atoms with Crippen LogP contribution in [0.25, 0.3) is 0 Å². The topological polar surface area (TPSA) is 52.4 Å². The molecular weight excluding hydrogens is 216 g/mol. The minimum Gasteiger partial charge on any atom is -0.443 e. The highest BCUT2D eigenvalue weighted by molar-refractivity contribution is 4.76. The minimum atomic E-state index is -0.151. The van der Waals surface area contributed by atoms with E-state index in [-0.39, 0.29) is 12.2 Å². The molecule has 0 aromatic heterocycles. The maximum atomic E-state index is 9.84. The van der Waals surface area contributed by atoms with Crippen LogP contribution in [0.1, 0.15) is 51.4 Å². The van der Waals surface area contributed by atoms with E-state index in [0.717, 1.165) is 38.7 Å². The largest absolute Gasteiger partial charge is 0.443 e. The maximum absolute atomic E-state index is 9.84. The molecule has 2 saturated carbocycles. The second kappa shape index (κ2) is 6.72. The molecule has 0 saturated heterocycles. The van der Waals surface area contributed by atoms with Crippen LogP contribution < -0.4 is 0 Å². The fourth-order valence-electron chi connectivity index (χ4n) is 3.16. The van der Waals surface area contributed by atoms with Gasteiger partial charge in [-0.05, 0) is 25.7 Å². The lowest BCUT2D eigenvalue weighted by Gasteiger charge is -2.29. The molecule has 0 aromatic carbocycles. The van der Waals surface area contributed by atoms with Gasteiger partial charge in [0.1, 0.15) is 0 Å². The second-order valence-corrected chi connectivity index (χ2v) is 5.80. The van der Waals surface area contributed by atoms with Gasteiger partial charge in [0.2, 0.25) is 0 Å². The minimum absolute atomic E-state index is 0.0834. The highest BCUT2D eigenvalue weighted by Crippen LogP contribution is 2.27. The number of aliphatic hydroxyl groups excluding tert-OH is 1. The third-order valence-electron chi connectivity index (χ3n) is 4.44. The van der Waals surface area contributed by atoms with Crippen LogP contribution >= 0.6 is 0 Å². The molecule has 2 rings (SSSR count). The van der Waals surface area contributed by atoms with Gasteiger partial charge >= 0.3 is 0 Å². The molecule has 2 aliphatic rings. The van der Waals surface area contributed by atoms with Gasteiger partial charge in [-0.15, -0.1) is 0 Å². The number of ether oxygens (including phenoxy) is 1. The van der Waals surface area contributed by atoms with Gasteiger partial charge in [0.05, 0.1) is 25.2 Å². The van der Waals surface area contributed by atoms with E-state index in [9.17, 15) is 5.11 Å². The molecule has 0 heterocycles. The van der Waals surface area contributed by atoms with Gasteiger partial charge in [-0.1, -0.05) is 19.3 Å². The van der Waals surface area contributed by atoms with Gasteiger partial charge in [0.25, 0.3) is 0 Å². The smallest absolute Gasteiger partial charge is 0.158 e. The molecule has 3 nitrogen and oxygen atoms in total. The number of hydrogen-bond acceptors (Lipinski definition) is 2. The lowest BCUT2D eigenvalue weighted by atomic mass is 9.86. The summed E-state index contributed by atoms with van der Waals surface area (Å²) in [5.41, 5.74) is 0. The van der Waals surface area contributed by atoms with E-state index in [1.165, 1.54) is 19.3 Å². The van der Waals surface area contributed by atoms with Crippen molar-refractivity contribution in [3.05, 3.63) is 0 Å². The van der Waals surface area contributed by atoms with Crippen molar-refractivity contribution in [3.8, 4) is 0 Å². The first-order chi connectivity index (χ1) is 8.27. The van der Waals surface area contributed by atoms with Gasteiger partial charge in [0, 0.05) is 12.3 Å². The van der Waals surface area contributed by atoms with Crippen LogP contribution in [0.15, 0.2) is 0 Å². The Kier molecular flexibility index (Phi) is 5.26. The quantitative estimate of drug-likeness (QED) is 0.766. The normalized spacial score (nSPS) is 39.2. The Labute approximate surface area is 104 Å². The third kappa shape index (κ3) is 3.94. The van der Waals surface area contributed by atoms with Crippen molar-refractivity contribution in [1.29, 1.82) is 0 Å². The molecule has 0 radical (unpaired) electrons. The molecule has 100 valence electrons. The molecule has 0 aromatic rings. The van der Waals surface area contributed by atoms with E-state index in [1.807, 2.05) is 0 Å². The lowest BCUT2D eigenvalue weighted by Crippen LogP contribution is -2.32. The number of rotatable bonds is 4.